The van der Waals surface area contributed by atoms with Gasteiger partial charge in [-0.3, -0.25) is 0 Å². The highest BCUT2D eigenvalue weighted by Gasteiger charge is 2.33. The first kappa shape index (κ1) is 14.3. The van der Waals surface area contributed by atoms with E-state index in [-0.39, 0.29) is 6.61 Å². The first-order valence-electron chi connectivity index (χ1n) is 6.89. The normalized spacial score (nSPS) is 18.7. The summed E-state index contributed by atoms with van der Waals surface area (Å²) >= 11 is 0. The molecule has 2 rings (SSSR count). The molecule has 3 N–H and O–H groups in total. The maximum atomic E-state index is 9.89. The van der Waals surface area contributed by atoms with Crippen molar-refractivity contribution in [2.45, 2.75) is 37.9 Å². The van der Waals surface area contributed by atoms with E-state index >= 15 is 0 Å². The van der Waals surface area contributed by atoms with Gasteiger partial charge in [-0.2, -0.15) is 0 Å². The first-order valence-corrected chi connectivity index (χ1v) is 6.89. The Labute approximate surface area is 114 Å². The number of aliphatic hydroxyl groups excluding tert-OH is 1. The number of aliphatic hydroxyl groups is 2. The van der Waals surface area contributed by atoms with Crippen LogP contribution in [0.1, 0.15) is 24.8 Å². The summed E-state index contributed by atoms with van der Waals surface area (Å²) in [4.78, 5) is 0. The van der Waals surface area contributed by atoms with Gasteiger partial charge in [-0.05, 0) is 37.8 Å². The zero-order valence-corrected chi connectivity index (χ0v) is 11.4. The van der Waals surface area contributed by atoms with Gasteiger partial charge in [-0.25, -0.2) is 0 Å². The van der Waals surface area contributed by atoms with Crippen molar-refractivity contribution in [3.8, 4) is 5.75 Å². The van der Waals surface area contributed by atoms with Crippen LogP contribution in [0.2, 0.25) is 0 Å². The third kappa shape index (κ3) is 4.20. The van der Waals surface area contributed by atoms with Crippen molar-refractivity contribution in [3.05, 3.63) is 29.8 Å². The Morgan fingerprint density at radius 3 is 2.74 bits per heavy atom. The highest BCUT2D eigenvalue weighted by atomic mass is 16.5. The average molecular weight is 265 g/mol. The van der Waals surface area contributed by atoms with E-state index in [1.165, 1.54) is 0 Å². The Balaban J connectivity index is 1.64. The minimum atomic E-state index is -0.566. The van der Waals surface area contributed by atoms with E-state index in [4.69, 9.17) is 4.74 Å². The SMILES string of the molecule is Cc1ccccc1OCC(O)CNCC1(O)CCC1. The highest BCUT2D eigenvalue weighted by molar-refractivity contribution is 5.31. The summed E-state index contributed by atoms with van der Waals surface area (Å²) in [5.74, 6) is 0.805. The molecule has 1 fully saturated rings. The molecule has 0 radical (unpaired) electrons. The lowest BCUT2D eigenvalue weighted by Crippen LogP contribution is -2.48. The largest absolute Gasteiger partial charge is 0.491 e. The second-order valence-corrected chi connectivity index (χ2v) is 5.44. The van der Waals surface area contributed by atoms with E-state index in [0.717, 1.165) is 30.6 Å². The van der Waals surface area contributed by atoms with Crippen LogP contribution in [-0.4, -0.2) is 41.6 Å². The number of ether oxygens (including phenoxy) is 1. The predicted octanol–water partition coefficient (Wildman–Crippen LogP) is 1.24. The predicted molar refractivity (Wildman–Crippen MR) is 74.4 cm³/mol. The van der Waals surface area contributed by atoms with Gasteiger partial charge in [0.15, 0.2) is 0 Å². The fourth-order valence-corrected chi connectivity index (χ4v) is 2.20. The van der Waals surface area contributed by atoms with Crippen molar-refractivity contribution >= 4 is 0 Å². The van der Waals surface area contributed by atoms with E-state index in [2.05, 4.69) is 5.32 Å². The Hall–Kier alpha value is -1.10. The van der Waals surface area contributed by atoms with Crippen molar-refractivity contribution in [1.82, 2.24) is 5.32 Å². The molecule has 1 atom stereocenters. The maximum absolute atomic E-state index is 9.89. The van der Waals surface area contributed by atoms with E-state index in [1.54, 1.807) is 0 Å². The molecule has 0 spiro atoms. The molecule has 0 heterocycles. The summed E-state index contributed by atoms with van der Waals surface area (Å²) in [5, 5.41) is 22.8. The molecule has 1 aromatic rings. The molecule has 0 aromatic heterocycles. The quantitative estimate of drug-likeness (QED) is 0.694. The zero-order valence-electron chi connectivity index (χ0n) is 11.4. The number of para-hydroxylation sites is 1. The van der Waals surface area contributed by atoms with Crippen molar-refractivity contribution in [3.63, 3.8) is 0 Å². The van der Waals surface area contributed by atoms with Crippen LogP contribution in [0.3, 0.4) is 0 Å². The van der Waals surface area contributed by atoms with Crippen LogP contribution in [-0.2, 0) is 0 Å². The minimum Gasteiger partial charge on any atom is -0.491 e. The van der Waals surface area contributed by atoms with Gasteiger partial charge in [-0.15, -0.1) is 0 Å². The van der Waals surface area contributed by atoms with Crippen LogP contribution in [0, 0.1) is 6.92 Å². The summed E-state index contributed by atoms with van der Waals surface area (Å²) in [5.41, 5.74) is 0.516. The number of hydrogen-bond acceptors (Lipinski definition) is 4. The number of aryl methyl sites for hydroxylation is 1. The van der Waals surface area contributed by atoms with Gasteiger partial charge in [0.05, 0.1) is 5.60 Å². The van der Waals surface area contributed by atoms with Gasteiger partial charge < -0.3 is 20.3 Å². The molecular formula is C15H23NO3. The highest BCUT2D eigenvalue weighted by Crippen LogP contribution is 2.30. The molecule has 0 aliphatic heterocycles. The fourth-order valence-electron chi connectivity index (χ4n) is 2.20. The van der Waals surface area contributed by atoms with Gasteiger partial charge >= 0.3 is 0 Å². The Morgan fingerprint density at radius 1 is 1.37 bits per heavy atom. The lowest BCUT2D eigenvalue weighted by atomic mass is 9.80. The van der Waals surface area contributed by atoms with E-state index in [1.807, 2.05) is 31.2 Å². The minimum absolute atomic E-state index is 0.260. The molecule has 1 aromatic carbocycles. The smallest absolute Gasteiger partial charge is 0.122 e. The number of nitrogens with one attached hydrogen (secondary N) is 1. The molecule has 4 nitrogen and oxygen atoms in total. The topological polar surface area (TPSA) is 61.7 Å². The van der Waals surface area contributed by atoms with Crippen molar-refractivity contribution < 1.29 is 14.9 Å². The maximum Gasteiger partial charge on any atom is 0.122 e. The van der Waals surface area contributed by atoms with Crippen molar-refractivity contribution in [1.29, 1.82) is 0 Å². The molecule has 1 saturated carbocycles. The molecule has 0 bridgehead atoms. The van der Waals surface area contributed by atoms with Crippen molar-refractivity contribution in [2.75, 3.05) is 19.7 Å². The lowest BCUT2D eigenvalue weighted by Gasteiger charge is -2.36. The fraction of sp³-hybridized carbons (Fsp3) is 0.600. The van der Waals surface area contributed by atoms with Gasteiger partial charge in [-0.1, -0.05) is 18.2 Å². The number of hydrogen-bond donors (Lipinski definition) is 3. The molecule has 1 aliphatic rings. The second-order valence-electron chi connectivity index (χ2n) is 5.44. The molecule has 0 amide bonds. The molecule has 1 aliphatic carbocycles. The van der Waals surface area contributed by atoms with Gasteiger partial charge in [0.25, 0.3) is 0 Å². The molecular weight excluding hydrogens is 242 g/mol. The molecule has 0 saturated heterocycles. The summed E-state index contributed by atoms with van der Waals surface area (Å²) in [6, 6.07) is 7.75. The lowest BCUT2D eigenvalue weighted by molar-refractivity contribution is -0.0334. The molecule has 106 valence electrons. The monoisotopic (exact) mass is 265 g/mol. The second kappa shape index (κ2) is 6.37. The standard InChI is InChI=1S/C15H23NO3/c1-12-5-2-3-6-14(12)19-10-13(17)9-16-11-15(18)7-4-8-15/h2-3,5-6,13,16-18H,4,7-11H2,1H3. The van der Waals surface area contributed by atoms with Crippen LogP contribution < -0.4 is 10.1 Å². The summed E-state index contributed by atoms with van der Waals surface area (Å²) in [6.07, 6.45) is 2.24. The van der Waals surface area contributed by atoms with E-state index < -0.39 is 11.7 Å². The Bertz CT molecular complexity index is 404. The zero-order chi connectivity index (χ0) is 13.7. The third-order valence-electron chi connectivity index (χ3n) is 3.64. The van der Waals surface area contributed by atoms with Crippen molar-refractivity contribution in [2.24, 2.45) is 0 Å². The molecule has 19 heavy (non-hydrogen) atoms. The first-order chi connectivity index (χ1) is 9.09. The van der Waals surface area contributed by atoms with Crippen LogP contribution in [0.4, 0.5) is 0 Å². The molecule has 1 unspecified atom stereocenters. The average Bonchev–Trinajstić information content (AvgIpc) is 2.36. The number of rotatable bonds is 7. The van der Waals surface area contributed by atoms with Gasteiger partial charge in [0, 0.05) is 13.1 Å². The van der Waals surface area contributed by atoms with Crippen LogP contribution in [0.15, 0.2) is 24.3 Å². The summed E-state index contributed by atoms with van der Waals surface area (Å²) < 4.78 is 5.57. The summed E-state index contributed by atoms with van der Waals surface area (Å²) in [6.45, 7) is 3.23. The van der Waals surface area contributed by atoms with E-state index in [9.17, 15) is 10.2 Å². The van der Waals surface area contributed by atoms with Crippen LogP contribution >= 0.6 is 0 Å². The van der Waals surface area contributed by atoms with E-state index in [0.29, 0.717) is 13.1 Å². The van der Waals surface area contributed by atoms with Gasteiger partial charge in [0.2, 0.25) is 0 Å². The van der Waals surface area contributed by atoms with Crippen LogP contribution in [0.5, 0.6) is 5.75 Å². The number of benzene rings is 1. The summed E-state index contributed by atoms with van der Waals surface area (Å²) in [7, 11) is 0. The van der Waals surface area contributed by atoms with Gasteiger partial charge in [0.1, 0.15) is 18.5 Å². The third-order valence-corrected chi connectivity index (χ3v) is 3.64. The Kier molecular flexibility index (Phi) is 4.80. The van der Waals surface area contributed by atoms with Crippen LogP contribution in [0.25, 0.3) is 0 Å². The Morgan fingerprint density at radius 2 is 2.11 bits per heavy atom. The molecule has 4 heteroatoms.